The van der Waals surface area contributed by atoms with Gasteiger partial charge in [-0.1, -0.05) is 6.92 Å². The summed E-state index contributed by atoms with van der Waals surface area (Å²) in [4.78, 5) is 17.8. The number of likely N-dealkylation sites (tertiary alicyclic amines) is 1. The number of carbonyl (C=O) groups is 1. The Morgan fingerprint density at radius 3 is 2.90 bits per heavy atom. The van der Waals surface area contributed by atoms with Crippen molar-refractivity contribution in [3.8, 4) is 0 Å². The SMILES string of the molecule is CC(CNc1ncc(Br)cc1C(=O)O)CN1CCCC1. The monoisotopic (exact) mass is 341 g/mol. The Bertz CT molecular complexity index is 475. The predicted molar refractivity (Wildman–Crippen MR) is 82.2 cm³/mol. The maximum Gasteiger partial charge on any atom is 0.339 e. The molecule has 0 aliphatic carbocycles. The number of nitrogens with zero attached hydrogens (tertiary/aromatic N) is 2. The van der Waals surface area contributed by atoms with Crippen LogP contribution in [-0.2, 0) is 0 Å². The van der Waals surface area contributed by atoms with Crippen LogP contribution >= 0.6 is 15.9 Å². The van der Waals surface area contributed by atoms with Crippen LogP contribution in [0, 0.1) is 5.92 Å². The van der Waals surface area contributed by atoms with Crippen molar-refractivity contribution in [3.05, 3.63) is 22.3 Å². The Labute approximate surface area is 127 Å². The van der Waals surface area contributed by atoms with E-state index in [1.54, 1.807) is 12.3 Å². The average Bonchev–Trinajstić information content (AvgIpc) is 2.90. The number of halogens is 1. The van der Waals surface area contributed by atoms with Crippen molar-refractivity contribution in [2.24, 2.45) is 5.92 Å². The van der Waals surface area contributed by atoms with E-state index >= 15 is 0 Å². The second-order valence-electron chi connectivity index (χ2n) is 5.35. The lowest BCUT2D eigenvalue weighted by atomic mass is 10.1. The van der Waals surface area contributed by atoms with Crippen molar-refractivity contribution in [2.75, 3.05) is 31.5 Å². The van der Waals surface area contributed by atoms with Crippen LogP contribution < -0.4 is 5.32 Å². The van der Waals surface area contributed by atoms with Gasteiger partial charge in [-0.25, -0.2) is 9.78 Å². The molecular weight excluding hydrogens is 322 g/mol. The lowest BCUT2D eigenvalue weighted by Crippen LogP contribution is -2.29. The van der Waals surface area contributed by atoms with Crippen molar-refractivity contribution in [3.63, 3.8) is 0 Å². The van der Waals surface area contributed by atoms with Crippen LogP contribution in [0.5, 0.6) is 0 Å². The van der Waals surface area contributed by atoms with Crippen molar-refractivity contribution >= 4 is 27.7 Å². The summed E-state index contributed by atoms with van der Waals surface area (Å²) in [7, 11) is 0. The quantitative estimate of drug-likeness (QED) is 0.832. The third-order valence-corrected chi connectivity index (χ3v) is 3.90. The molecule has 0 saturated carbocycles. The fourth-order valence-corrected chi connectivity index (χ4v) is 2.82. The summed E-state index contributed by atoms with van der Waals surface area (Å²) >= 11 is 3.24. The summed E-state index contributed by atoms with van der Waals surface area (Å²) < 4.78 is 0.672. The van der Waals surface area contributed by atoms with Crippen LogP contribution in [0.25, 0.3) is 0 Å². The van der Waals surface area contributed by atoms with E-state index in [0.29, 0.717) is 16.2 Å². The van der Waals surface area contributed by atoms with E-state index in [1.807, 2.05) is 0 Å². The van der Waals surface area contributed by atoms with Gasteiger partial charge in [0.25, 0.3) is 0 Å². The Kier molecular flexibility index (Phi) is 5.37. The van der Waals surface area contributed by atoms with Gasteiger partial charge >= 0.3 is 5.97 Å². The smallest absolute Gasteiger partial charge is 0.339 e. The molecule has 1 aliphatic rings. The minimum atomic E-state index is -0.964. The van der Waals surface area contributed by atoms with E-state index in [-0.39, 0.29) is 5.56 Å². The lowest BCUT2D eigenvalue weighted by Gasteiger charge is -2.21. The first-order chi connectivity index (χ1) is 9.56. The van der Waals surface area contributed by atoms with Crippen LogP contribution in [0.3, 0.4) is 0 Å². The molecule has 0 bridgehead atoms. The summed E-state index contributed by atoms with van der Waals surface area (Å²) in [5, 5.41) is 12.3. The topological polar surface area (TPSA) is 65.5 Å². The van der Waals surface area contributed by atoms with E-state index < -0.39 is 5.97 Å². The summed E-state index contributed by atoms with van der Waals surface area (Å²) in [6.07, 6.45) is 4.19. The first-order valence-corrected chi connectivity index (χ1v) is 7.70. The maximum absolute atomic E-state index is 11.2. The zero-order valence-corrected chi connectivity index (χ0v) is 13.2. The number of carboxylic acids is 1. The number of carboxylic acid groups (broad SMARTS) is 1. The molecule has 0 amide bonds. The highest BCUT2D eigenvalue weighted by molar-refractivity contribution is 9.10. The molecule has 1 unspecified atom stereocenters. The predicted octanol–water partition coefficient (Wildman–Crippen LogP) is 2.69. The first-order valence-electron chi connectivity index (χ1n) is 6.91. The third kappa shape index (κ3) is 4.18. The number of anilines is 1. The Morgan fingerprint density at radius 1 is 1.55 bits per heavy atom. The standard InChI is InChI=1S/C14H20BrN3O2/c1-10(9-18-4-2-3-5-18)7-16-13-12(14(19)20)6-11(15)8-17-13/h6,8,10H,2-5,7,9H2,1H3,(H,16,17)(H,19,20). The number of rotatable bonds is 6. The zero-order chi connectivity index (χ0) is 14.5. The number of nitrogens with one attached hydrogen (secondary N) is 1. The van der Waals surface area contributed by atoms with Crippen molar-refractivity contribution in [2.45, 2.75) is 19.8 Å². The molecule has 2 heterocycles. The summed E-state index contributed by atoms with van der Waals surface area (Å²) in [5.41, 5.74) is 0.202. The maximum atomic E-state index is 11.2. The van der Waals surface area contributed by atoms with Crippen molar-refractivity contribution < 1.29 is 9.90 Å². The summed E-state index contributed by atoms with van der Waals surface area (Å²) in [6.45, 7) is 6.31. The molecule has 1 saturated heterocycles. The van der Waals surface area contributed by atoms with Gasteiger partial charge in [0.2, 0.25) is 0 Å². The van der Waals surface area contributed by atoms with E-state index in [1.165, 1.54) is 25.9 Å². The number of hydrogen-bond acceptors (Lipinski definition) is 4. The molecule has 0 radical (unpaired) electrons. The van der Waals surface area contributed by atoms with Crippen LogP contribution in [0.4, 0.5) is 5.82 Å². The fourth-order valence-electron chi connectivity index (χ4n) is 2.48. The molecule has 6 heteroatoms. The largest absolute Gasteiger partial charge is 0.478 e. The van der Waals surface area contributed by atoms with Crippen molar-refractivity contribution in [1.29, 1.82) is 0 Å². The number of aromatic nitrogens is 1. The number of hydrogen-bond donors (Lipinski definition) is 2. The second kappa shape index (κ2) is 7.04. The molecule has 5 nitrogen and oxygen atoms in total. The lowest BCUT2D eigenvalue weighted by molar-refractivity contribution is 0.0697. The normalized spacial score (nSPS) is 17.1. The highest BCUT2D eigenvalue weighted by Gasteiger charge is 2.16. The molecule has 1 aromatic rings. The van der Waals surface area contributed by atoms with E-state index in [9.17, 15) is 9.90 Å². The van der Waals surface area contributed by atoms with Gasteiger partial charge in [0.05, 0.1) is 0 Å². The van der Waals surface area contributed by atoms with Crippen LogP contribution in [0.15, 0.2) is 16.7 Å². The molecule has 1 fully saturated rings. The van der Waals surface area contributed by atoms with Gasteiger partial charge in [-0.3, -0.25) is 0 Å². The van der Waals surface area contributed by atoms with Crippen LogP contribution in [0.2, 0.25) is 0 Å². The highest BCUT2D eigenvalue weighted by Crippen LogP contribution is 2.18. The Hall–Kier alpha value is -1.14. The molecule has 0 spiro atoms. The minimum Gasteiger partial charge on any atom is -0.478 e. The number of aromatic carboxylic acids is 1. The van der Waals surface area contributed by atoms with Gasteiger partial charge in [-0.15, -0.1) is 0 Å². The van der Waals surface area contributed by atoms with Gasteiger partial charge in [-0.2, -0.15) is 0 Å². The van der Waals surface area contributed by atoms with E-state index in [2.05, 4.69) is 38.1 Å². The minimum absolute atomic E-state index is 0.202. The molecule has 0 aromatic carbocycles. The Morgan fingerprint density at radius 2 is 2.25 bits per heavy atom. The first kappa shape index (κ1) is 15.3. The fraction of sp³-hybridized carbons (Fsp3) is 0.571. The van der Waals surface area contributed by atoms with Gasteiger partial charge in [0, 0.05) is 23.8 Å². The van der Waals surface area contributed by atoms with E-state index in [0.717, 1.165) is 13.1 Å². The van der Waals surface area contributed by atoms with Gasteiger partial charge in [0.15, 0.2) is 0 Å². The van der Waals surface area contributed by atoms with Gasteiger partial charge < -0.3 is 15.3 Å². The van der Waals surface area contributed by atoms with Crippen LogP contribution in [-0.4, -0.2) is 47.1 Å². The molecule has 2 rings (SSSR count). The zero-order valence-electron chi connectivity index (χ0n) is 11.6. The molecule has 1 aromatic heterocycles. The van der Waals surface area contributed by atoms with E-state index in [4.69, 9.17) is 0 Å². The molecular formula is C14H20BrN3O2. The van der Waals surface area contributed by atoms with Crippen molar-refractivity contribution in [1.82, 2.24) is 9.88 Å². The van der Waals surface area contributed by atoms with Gasteiger partial charge in [0.1, 0.15) is 11.4 Å². The Balaban J connectivity index is 1.91. The molecule has 110 valence electrons. The molecule has 2 N–H and O–H groups in total. The number of pyridine rings is 1. The second-order valence-corrected chi connectivity index (χ2v) is 6.26. The average molecular weight is 342 g/mol. The van der Waals surface area contributed by atoms with Crippen LogP contribution in [0.1, 0.15) is 30.1 Å². The molecule has 20 heavy (non-hydrogen) atoms. The summed E-state index contributed by atoms with van der Waals surface area (Å²) in [6, 6.07) is 1.57. The van der Waals surface area contributed by atoms with Gasteiger partial charge in [-0.05, 0) is 53.8 Å². The third-order valence-electron chi connectivity index (χ3n) is 3.47. The summed E-state index contributed by atoms with van der Waals surface area (Å²) in [5.74, 6) is -0.0670. The molecule has 1 atom stereocenters. The highest BCUT2D eigenvalue weighted by atomic mass is 79.9. The molecule has 1 aliphatic heterocycles.